The van der Waals surface area contributed by atoms with Gasteiger partial charge in [-0.1, -0.05) is 40.2 Å². The summed E-state index contributed by atoms with van der Waals surface area (Å²) < 4.78 is 14.2. The Balaban J connectivity index is 1.66. The molecule has 3 nitrogen and oxygen atoms in total. The number of halogens is 2. The fourth-order valence-electron chi connectivity index (χ4n) is 2.30. The highest BCUT2D eigenvalue weighted by atomic mass is 79.9. The molecule has 0 saturated carbocycles. The van der Waals surface area contributed by atoms with Crippen molar-refractivity contribution in [3.05, 3.63) is 76.1 Å². The molecule has 0 aliphatic heterocycles. The molecule has 0 radical (unpaired) electrons. The van der Waals surface area contributed by atoms with Crippen molar-refractivity contribution in [1.82, 2.24) is 15.5 Å². The molecule has 5 heteroatoms. The highest BCUT2D eigenvalue weighted by Gasteiger charge is 2.07. The molecule has 3 aromatic rings. The van der Waals surface area contributed by atoms with Crippen LogP contribution in [-0.4, -0.2) is 10.2 Å². The smallest absolute Gasteiger partial charge is 0.123 e. The largest absolute Gasteiger partial charge is 0.308 e. The molecule has 0 amide bonds. The number of nitrogens with one attached hydrogen (secondary N) is 2. The van der Waals surface area contributed by atoms with Crippen LogP contribution in [0.15, 0.2) is 59.2 Å². The maximum atomic E-state index is 13.1. The second-order valence-electron chi connectivity index (χ2n) is 5.01. The number of hydrogen-bond acceptors (Lipinski definition) is 2. The van der Waals surface area contributed by atoms with Crippen molar-refractivity contribution < 1.29 is 4.39 Å². The van der Waals surface area contributed by atoms with Crippen LogP contribution in [0.5, 0.6) is 0 Å². The summed E-state index contributed by atoms with van der Waals surface area (Å²) in [7, 11) is 0. The molecule has 1 heterocycles. The van der Waals surface area contributed by atoms with Gasteiger partial charge in [-0.05, 0) is 35.4 Å². The summed E-state index contributed by atoms with van der Waals surface area (Å²) in [4.78, 5) is 0. The van der Waals surface area contributed by atoms with Crippen LogP contribution >= 0.6 is 15.9 Å². The first-order valence-electron chi connectivity index (χ1n) is 6.96. The average Bonchev–Trinajstić information content (AvgIpc) is 2.97. The van der Waals surface area contributed by atoms with Crippen molar-refractivity contribution in [2.24, 2.45) is 0 Å². The molecule has 0 saturated heterocycles. The normalized spacial score (nSPS) is 10.8. The molecule has 0 aliphatic rings. The Morgan fingerprint density at radius 1 is 1.09 bits per heavy atom. The zero-order valence-electron chi connectivity index (χ0n) is 11.8. The van der Waals surface area contributed by atoms with E-state index >= 15 is 0 Å². The third-order valence-electron chi connectivity index (χ3n) is 3.38. The first-order valence-corrected chi connectivity index (χ1v) is 7.75. The standard InChI is InChI=1S/C17H15BrFN3/c18-15-6-4-13(5-7-15)17-14(11-21-22-17)10-20-9-12-2-1-3-16(19)8-12/h1-8,11,20H,9-10H2,(H,21,22). The van der Waals surface area contributed by atoms with Crippen LogP contribution in [0.25, 0.3) is 11.3 Å². The minimum absolute atomic E-state index is 0.210. The van der Waals surface area contributed by atoms with E-state index in [-0.39, 0.29) is 5.82 Å². The Hall–Kier alpha value is -1.98. The molecule has 112 valence electrons. The summed E-state index contributed by atoms with van der Waals surface area (Å²) in [5.74, 6) is -0.210. The zero-order valence-corrected chi connectivity index (χ0v) is 13.4. The minimum atomic E-state index is -0.210. The lowest BCUT2D eigenvalue weighted by Gasteiger charge is -2.06. The van der Waals surface area contributed by atoms with Crippen molar-refractivity contribution >= 4 is 15.9 Å². The number of aromatic nitrogens is 2. The summed E-state index contributed by atoms with van der Waals surface area (Å²) in [6.07, 6.45) is 1.82. The van der Waals surface area contributed by atoms with Crippen molar-refractivity contribution in [2.45, 2.75) is 13.1 Å². The van der Waals surface area contributed by atoms with Crippen molar-refractivity contribution in [3.8, 4) is 11.3 Å². The van der Waals surface area contributed by atoms with Crippen LogP contribution in [0, 0.1) is 5.82 Å². The van der Waals surface area contributed by atoms with E-state index in [4.69, 9.17) is 0 Å². The molecule has 3 rings (SSSR count). The average molecular weight is 360 g/mol. The summed E-state index contributed by atoms with van der Waals surface area (Å²) in [5.41, 5.74) is 4.09. The van der Waals surface area contributed by atoms with Gasteiger partial charge in [0, 0.05) is 23.1 Å². The number of nitrogens with zero attached hydrogens (tertiary/aromatic N) is 1. The van der Waals surface area contributed by atoms with E-state index in [1.165, 1.54) is 12.1 Å². The Bertz CT molecular complexity index is 753. The Labute approximate surface area is 136 Å². The third-order valence-corrected chi connectivity index (χ3v) is 3.91. The van der Waals surface area contributed by atoms with Gasteiger partial charge < -0.3 is 5.32 Å². The van der Waals surface area contributed by atoms with E-state index < -0.39 is 0 Å². The molecule has 0 fully saturated rings. The Kier molecular flexibility index (Phi) is 4.65. The molecule has 0 aliphatic carbocycles. The third kappa shape index (κ3) is 3.61. The van der Waals surface area contributed by atoms with Gasteiger partial charge in [-0.25, -0.2) is 4.39 Å². The molecule has 0 spiro atoms. The Morgan fingerprint density at radius 2 is 1.91 bits per heavy atom. The summed E-state index contributed by atoms with van der Waals surface area (Å²) in [6.45, 7) is 1.28. The van der Waals surface area contributed by atoms with Gasteiger partial charge in [-0.15, -0.1) is 0 Å². The van der Waals surface area contributed by atoms with E-state index in [9.17, 15) is 4.39 Å². The highest BCUT2D eigenvalue weighted by molar-refractivity contribution is 9.10. The fourth-order valence-corrected chi connectivity index (χ4v) is 2.56. The van der Waals surface area contributed by atoms with Crippen LogP contribution in [0.1, 0.15) is 11.1 Å². The van der Waals surface area contributed by atoms with Crippen molar-refractivity contribution in [1.29, 1.82) is 0 Å². The molecular weight excluding hydrogens is 345 g/mol. The molecule has 2 N–H and O–H groups in total. The van der Waals surface area contributed by atoms with Crippen molar-refractivity contribution in [2.75, 3.05) is 0 Å². The highest BCUT2D eigenvalue weighted by Crippen LogP contribution is 2.23. The van der Waals surface area contributed by atoms with E-state index in [0.29, 0.717) is 13.1 Å². The van der Waals surface area contributed by atoms with E-state index in [0.717, 1.165) is 26.9 Å². The van der Waals surface area contributed by atoms with Gasteiger partial charge in [0.2, 0.25) is 0 Å². The summed E-state index contributed by atoms with van der Waals surface area (Å²) in [6, 6.07) is 14.7. The first kappa shape index (κ1) is 14.9. The quantitative estimate of drug-likeness (QED) is 0.714. The van der Waals surface area contributed by atoms with Gasteiger partial charge >= 0.3 is 0 Å². The minimum Gasteiger partial charge on any atom is -0.308 e. The second kappa shape index (κ2) is 6.85. The molecule has 0 atom stereocenters. The van der Waals surface area contributed by atoms with Crippen LogP contribution in [-0.2, 0) is 13.1 Å². The first-order chi connectivity index (χ1) is 10.7. The van der Waals surface area contributed by atoms with E-state index in [1.807, 2.05) is 36.5 Å². The molecule has 0 bridgehead atoms. The SMILES string of the molecule is Fc1cccc(CNCc2cn[nH]c2-c2ccc(Br)cc2)c1. The molecule has 22 heavy (non-hydrogen) atoms. The lowest BCUT2D eigenvalue weighted by atomic mass is 10.1. The Morgan fingerprint density at radius 3 is 2.68 bits per heavy atom. The summed E-state index contributed by atoms with van der Waals surface area (Å²) in [5, 5.41) is 10.5. The fraction of sp³-hybridized carbons (Fsp3) is 0.118. The van der Waals surface area contributed by atoms with Gasteiger partial charge in [-0.3, -0.25) is 5.10 Å². The lowest BCUT2D eigenvalue weighted by Crippen LogP contribution is -2.12. The predicted octanol–water partition coefficient (Wildman–Crippen LogP) is 4.27. The molecular formula is C17H15BrFN3. The summed E-state index contributed by atoms with van der Waals surface area (Å²) >= 11 is 3.43. The van der Waals surface area contributed by atoms with Gasteiger partial charge in [0.05, 0.1) is 11.9 Å². The van der Waals surface area contributed by atoms with Crippen molar-refractivity contribution in [3.63, 3.8) is 0 Å². The number of hydrogen-bond donors (Lipinski definition) is 2. The van der Waals surface area contributed by atoms with E-state index in [1.54, 1.807) is 6.07 Å². The lowest BCUT2D eigenvalue weighted by molar-refractivity contribution is 0.620. The molecule has 2 aromatic carbocycles. The van der Waals surface area contributed by atoms with Gasteiger partial charge in [-0.2, -0.15) is 5.10 Å². The number of H-pyrrole nitrogens is 1. The van der Waals surface area contributed by atoms with Crippen LogP contribution in [0.4, 0.5) is 4.39 Å². The monoisotopic (exact) mass is 359 g/mol. The maximum absolute atomic E-state index is 13.1. The number of benzene rings is 2. The second-order valence-corrected chi connectivity index (χ2v) is 5.93. The van der Waals surface area contributed by atoms with Crippen LogP contribution in [0.3, 0.4) is 0 Å². The van der Waals surface area contributed by atoms with Crippen LogP contribution in [0.2, 0.25) is 0 Å². The number of aromatic amines is 1. The topological polar surface area (TPSA) is 40.7 Å². The van der Waals surface area contributed by atoms with Gasteiger partial charge in [0.25, 0.3) is 0 Å². The molecule has 1 aromatic heterocycles. The number of rotatable bonds is 5. The van der Waals surface area contributed by atoms with Crippen LogP contribution < -0.4 is 5.32 Å². The van der Waals surface area contributed by atoms with Gasteiger partial charge in [0.1, 0.15) is 5.82 Å². The predicted molar refractivity (Wildman–Crippen MR) is 88.7 cm³/mol. The maximum Gasteiger partial charge on any atom is 0.123 e. The zero-order chi connectivity index (χ0) is 15.4. The van der Waals surface area contributed by atoms with Gasteiger partial charge in [0.15, 0.2) is 0 Å². The van der Waals surface area contributed by atoms with E-state index in [2.05, 4.69) is 31.4 Å². The molecule has 0 unspecified atom stereocenters.